The van der Waals surface area contributed by atoms with Crippen LogP contribution in [0.1, 0.15) is 19.0 Å². The fraction of sp³-hybridized carbons (Fsp3) is 0.357. The molecule has 0 atom stereocenters. The lowest BCUT2D eigenvalue weighted by Gasteiger charge is -2.07. The monoisotopic (exact) mass is 323 g/mol. The van der Waals surface area contributed by atoms with Crippen molar-refractivity contribution in [2.75, 3.05) is 13.7 Å². The van der Waals surface area contributed by atoms with Gasteiger partial charge in [0.05, 0.1) is 18.5 Å². The standard InChI is InChI=1S/C14H18BrN3O/c1-3-7-16-10-11-6-8-18(17-11)14-9-12(19-2)4-5-13(14)15/h4-6,8-9,16H,3,7,10H2,1-2H3. The summed E-state index contributed by atoms with van der Waals surface area (Å²) >= 11 is 3.54. The van der Waals surface area contributed by atoms with Gasteiger partial charge in [-0.25, -0.2) is 4.68 Å². The Morgan fingerprint density at radius 3 is 2.95 bits per heavy atom. The minimum atomic E-state index is 0.794. The highest BCUT2D eigenvalue weighted by Gasteiger charge is 2.06. The molecule has 5 heteroatoms. The van der Waals surface area contributed by atoms with E-state index in [1.165, 1.54) is 0 Å². The predicted molar refractivity (Wildman–Crippen MR) is 79.8 cm³/mol. The molecule has 0 radical (unpaired) electrons. The van der Waals surface area contributed by atoms with Gasteiger partial charge in [0, 0.05) is 23.3 Å². The van der Waals surface area contributed by atoms with E-state index in [0.29, 0.717) is 0 Å². The van der Waals surface area contributed by atoms with Crippen molar-refractivity contribution >= 4 is 15.9 Å². The summed E-state index contributed by atoms with van der Waals surface area (Å²) < 4.78 is 8.09. The summed E-state index contributed by atoms with van der Waals surface area (Å²) in [6, 6.07) is 7.86. The van der Waals surface area contributed by atoms with E-state index < -0.39 is 0 Å². The van der Waals surface area contributed by atoms with Crippen molar-refractivity contribution in [3.63, 3.8) is 0 Å². The molecule has 0 aliphatic heterocycles. The Morgan fingerprint density at radius 1 is 1.37 bits per heavy atom. The normalized spacial score (nSPS) is 10.7. The first-order valence-corrected chi connectivity index (χ1v) is 7.13. The molecule has 0 spiro atoms. The van der Waals surface area contributed by atoms with Crippen molar-refractivity contribution in [2.45, 2.75) is 19.9 Å². The third-order valence-electron chi connectivity index (χ3n) is 2.78. The van der Waals surface area contributed by atoms with E-state index >= 15 is 0 Å². The van der Waals surface area contributed by atoms with Gasteiger partial charge in [-0.15, -0.1) is 0 Å². The van der Waals surface area contributed by atoms with Crippen LogP contribution in [0.2, 0.25) is 0 Å². The number of nitrogens with one attached hydrogen (secondary N) is 1. The molecule has 0 fully saturated rings. The lowest BCUT2D eigenvalue weighted by molar-refractivity contribution is 0.414. The first-order valence-electron chi connectivity index (χ1n) is 6.33. The van der Waals surface area contributed by atoms with Crippen LogP contribution in [0.4, 0.5) is 0 Å². The van der Waals surface area contributed by atoms with Crippen LogP contribution in [0.15, 0.2) is 34.9 Å². The second-order valence-corrected chi connectivity index (χ2v) is 5.10. The molecule has 1 aromatic heterocycles. The van der Waals surface area contributed by atoms with E-state index in [0.717, 1.165) is 41.1 Å². The van der Waals surface area contributed by atoms with Crippen molar-refractivity contribution in [3.05, 3.63) is 40.6 Å². The molecule has 0 aliphatic rings. The van der Waals surface area contributed by atoms with Gasteiger partial charge >= 0.3 is 0 Å². The molecule has 0 saturated carbocycles. The third kappa shape index (κ3) is 3.58. The molecule has 102 valence electrons. The molecule has 1 aromatic carbocycles. The highest BCUT2D eigenvalue weighted by molar-refractivity contribution is 9.10. The number of methoxy groups -OCH3 is 1. The number of ether oxygens (including phenoxy) is 1. The number of rotatable bonds is 6. The van der Waals surface area contributed by atoms with E-state index in [2.05, 4.69) is 33.3 Å². The van der Waals surface area contributed by atoms with Crippen molar-refractivity contribution in [3.8, 4) is 11.4 Å². The maximum Gasteiger partial charge on any atom is 0.121 e. The molecule has 0 saturated heterocycles. The van der Waals surface area contributed by atoms with Crippen LogP contribution in [0.25, 0.3) is 5.69 Å². The summed E-state index contributed by atoms with van der Waals surface area (Å²) in [6.07, 6.45) is 3.09. The van der Waals surface area contributed by atoms with Crippen LogP contribution in [0, 0.1) is 0 Å². The fourth-order valence-corrected chi connectivity index (χ4v) is 2.21. The lowest BCUT2D eigenvalue weighted by Crippen LogP contribution is -2.14. The van der Waals surface area contributed by atoms with Gasteiger partial charge in [-0.05, 0) is 47.1 Å². The molecule has 1 heterocycles. The number of hydrogen-bond donors (Lipinski definition) is 1. The average molecular weight is 324 g/mol. The zero-order chi connectivity index (χ0) is 13.7. The van der Waals surface area contributed by atoms with Crippen LogP contribution in [0.3, 0.4) is 0 Å². The van der Waals surface area contributed by atoms with E-state index in [1.807, 2.05) is 35.1 Å². The molecule has 19 heavy (non-hydrogen) atoms. The molecular weight excluding hydrogens is 306 g/mol. The van der Waals surface area contributed by atoms with Gasteiger partial charge in [-0.2, -0.15) is 5.10 Å². The summed E-state index contributed by atoms with van der Waals surface area (Å²) in [5.41, 5.74) is 2.00. The second kappa shape index (κ2) is 6.73. The van der Waals surface area contributed by atoms with Gasteiger partial charge in [0.2, 0.25) is 0 Å². The Morgan fingerprint density at radius 2 is 2.21 bits per heavy atom. The lowest BCUT2D eigenvalue weighted by atomic mass is 10.3. The Labute approximate surface area is 121 Å². The maximum absolute atomic E-state index is 5.24. The summed E-state index contributed by atoms with van der Waals surface area (Å²) in [5.74, 6) is 0.819. The first kappa shape index (κ1) is 14.1. The molecule has 0 unspecified atom stereocenters. The molecule has 1 N–H and O–H groups in total. The van der Waals surface area contributed by atoms with E-state index in [9.17, 15) is 0 Å². The molecule has 4 nitrogen and oxygen atoms in total. The van der Waals surface area contributed by atoms with E-state index in [1.54, 1.807) is 7.11 Å². The van der Waals surface area contributed by atoms with Crippen molar-refractivity contribution in [1.29, 1.82) is 0 Å². The number of halogens is 1. The molecule has 0 amide bonds. The fourth-order valence-electron chi connectivity index (χ4n) is 1.78. The zero-order valence-electron chi connectivity index (χ0n) is 11.2. The quantitative estimate of drug-likeness (QED) is 0.830. The largest absolute Gasteiger partial charge is 0.497 e. The van der Waals surface area contributed by atoms with Crippen molar-refractivity contribution in [2.24, 2.45) is 0 Å². The SMILES string of the molecule is CCCNCc1ccn(-c2cc(OC)ccc2Br)n1. The third-order valence-corrected chi connectivity index (χ3v) is 3.45. The Hall–Kier alpha value is -1.33. The highest BCUT2D eigenvalue weighted by atomic mass is 79.9. The minimum Gasteiger partial charge on any atom is -0.497 e. The summed E-state index contributed by atoms with van der Waals surface area (Å²) in [5, 5.41) is 7.90. The van der Waals surface area contributed by atoms with Crippen LogP contribution < -0.4 is 10.1 Å². The van der Waals surface area contributed by atoms with E-state index in [4.69, 9.17) is 4.74 Å². The maximum atomic E-state index is 5.24. The van der Waals surface area contributed by atoms with Crippen LogP contribution in [0.5, 0.6) is 5.75 Å². The van der Waals surface area contributed by atoms with Gasteiger partial charge in [0.1, 0.15) is 5.75 Å². The van der Waals surface area contributed by atoms with Crippen molar-refractivity contribution in [1.82, 2.24) is 15.1 Å². The van der Waals surface area contributed by atoms with Gasteiger partial charge < -0.3 is 10.1 Å². The smallest absolute Gasteiger partial charge is 0.121 e. The zero-order valence-corrected chi connectivity index (χ0v) is 12.8. The van der Waals surface area contributed by atoms with Crippen molar-refractivity contribution < 1.29 is 4.74 Å². The minimum absolute atomic E-state index is 0.794. The number of hydrogen-bond acceptors (Lipinski definition) is 3. The molecular formula is C14H18BrN3O. The number of nitrogens with zero attached hydrogens (tertiary/aromatic N) is 2. The number of benzene rings is 1. The van der Waals surface area contributed by atoms with Gasteiger partial charge in [-0.1, -0.05) is 6.92 Å². The Balaban J connectivity index is 2.17. The molecule has 2 rings (SSSR count). The summed E-state index contributed by atoms with van der Waals surface area (Å²) in [6.45, 7) is 3.96. The van der Waals surface area contributed by atoms with Crippen LogP contribution in [-0.4, -0.2) is 23.4 Å². The first-order chi connectivity index (χ1) is 9.24. The average Bonchev–Trinajstić information content (AvgIpc) is 2.88. The highest BCUT2D eigenvalue weighted by Crippen LogP contribution is 2.25. The Kier molecular flexibility index (Phi) is 4.99. The number of aromatic nitrogens is 2. The second-order valence-electron chi connectivity index (χ2n) is 4.25. The molecule has 2 aromatic rings. The Bertz CT molecular complexity index is 539. The molecule has 0 bridgehead atoms. The summed E-state index contributed by atoms with van der Waals surface area (Å²) in [4.78, 5) is 0. The summed E-state index contributed by atoms with van der Waals surface area (Å²) in [7, 11) is 1.66. The van der Waals surface area contributed by atoms with Gasteiger partial charge in [-0.3, -0.25) is 0 Å². The van der Waals surface area contributed by atoms with Gasteiger partial charge in [0.15, 0.2) is 0 Å². The predicted octanol–water partition coefficient (Wildman–Crippen LogP) is 3.14. The molecule has 0 aliphatic carbocycles. The topological polar surface area (TPSA) is 39.1 Å². The van der Waals surface area contributed by atoms with Crippen LogP contribution in [-0.2, 0) is 6.54 Å². The van der Waals surface area contributed by atoms with E-state index in [-0.39, 0.29) is 0 Å². The van der Waals surface area contributed by atoms with Gasteiger partial charge in [0.25, 0.3) is 0 Å². The van der Waals surface area contributed by atoms with Crippen LogP contribution >= 0.6 is 15.9 Å².